The first-order valence-corrected chi connectivity index (χ1v) is 11.1. The molecule has 2 heterocycles. The molecule has 3 rings (SSSR count). The Morgan fingerprint density at radius 2 is 2.04 bits per heavy atom. The number of ketones is 1. The second-order valence-electron chi connectivity index (χ2n) is 7.83. The van der Waals surface area contributed by atoms with Crippen molar-refractivity contribution < 1.29 is 4.79 Å². The van der Waals surface area contributed by atoms with Crippen LogP contribution in [0, 0.1) is 19.8 Å². The van der Waals surface area contributed by atoms with Gasteiger partial charge >= 0.3 is 0 Å². The number of aromatic nitrogens is 2. The van der Waals surface area contributed by atoms with Gasteiger partial charge in [0.25, 0.3) is 0 Å². The standard InChI is InChI=1S/C22H31N3OS/c1-15(2)25-17(4)20(16(3)23-25)14-24-12-8-9-18(13-24)22(26)19-10-6-7-11-21(19)27-5/h6-7,10-11,15,18H,8-9,12-14H2,1-5H3. The summed E-state index contributed by atoms with van der Waals surface area (Å²) in [4.78, 5) is 16.7. The highest BCUT2D eigenvalue weighted by molar-refractivity contribution is 7.98. The van der Waals surface area contributed by atoms with Gasteiger partial charge in [-0.3, -0.25) is 14.4 Å². The first-order valence-electron chi connectivity index (χ1n) is 9.86. The molecule has 0 N–H and O–H groups in total. The molecule has 1 saturated heterocycles. The molecule has 27 heavy (non-hydrogen) atoms. The van der Waals surface area contributed by atoms with Crippen LogP contribution in [0.5, 0.6) is 0 Å². The molecule has 1 fully saturated rings. The van der Waals surface area contributed by atoms with Crippen molar-refractivity contribution in [2.45, 2.75) is 58.0 Å². The van der Waals surface area contributed by atoms with Gasteiger partial charge in [0.2, 0.25) is 0 Å². The molecule has 146 valence electrons. The molecule has 1 atom stereocenters. The van der Waals surface area contributed by atoms with E-state index >= 15 is 0 Å². The zero-order chi connectivity index (χ0) is 19.6. The van der Waals surface area contributed by atoms with Crippen LogP contribution >= 0.6 is 11.8 Å². The molecule has 4 nitrogen and oxygen atoms in total. The molecule has 1 aliphatic heterocycles. The minimum absolute atomic E-state index is 0.0906. The zero-order valence-electron chi connectivity index (χ0n) is 17.2. The second kappa shape index (κ2) is 8.61. The van der Waals surface area contributed by atoms with Gasteiger partial charge in [-0.05, 0) is 59.4 Å². The number of benzene rings is 1. The summed E-state index contributed by atoms with van der Waals surface area (Å²) in [5.41, 5.74) is 4.57. The number of aryl methyl sites for hydroxylation is 1. The molecule has 1 aromatic carbocycles. The monoisotopic (exact) mass is 385 g/mol. The Labute approximate surface area is 167 Å². The van der Waals surface area contributed by atoms with Crippen molar-refractivity contribution in [3.05, 3.63) is 46.8 Å². The van der Waals surface area contributed by atoms with Crippen LogP contribution in [0.3, 0.4) is 0 Å². The third-order valence-corrected chi connectivity index (χ3v) is 6.39. The molecule has 2 aromatic rings. The Balaban J connectivity index is 1.74. The number of carbonyl (C=O) groups is 1. The van der Waals surface area contributed by atoms with Crippen LogP contribution in [0.2, 0.25) is 0 Å². The first-order chi connectivity index (χ1) is 12.9. The van der Waals surface area contributed by atoms with Crippen LogP contribution < -0.4 is 0 Å². The van der Waals surface area contributed by atoms with E-state index in [1.165, 1.54) is 11.3 Å². The topological polar surface area (TPSA) is 38.1 Å². The summed E-state index contributed by atoms with van der Waals surface area (Å²) in [6.45, 7) is 11.4. The van der Waals surface area contributed by atoms with Crippen LogP contribution in [0.1, 0.15) is 60.0 Å². The number of likely N-dealkylation sites (tertiary alicyclic amines) is 1. The lowest BCUT2D eigenvalue weighted by Gasteiger charge is -2.32. The summed E-state index contributed by atoms with van der Waals surface area (Å²) in [5.74, 6) is 0.392. The van der Waals surface area contributed by atoms with Crippen LogP contribution in [0.4, 0.5) is 0 Å². The predicted molar refractivity (Wildman–Crippen MR) is 113 cm³/mol. The number of Topliss-reactive ketones (excluding diaryl/α,β-unsaturated/α-hetero) is 1. The molecule has 0 aliphatic carbocycles. The Kier molecular flexibility index (Phi) is 6.43. The van der Waals surface area contributed by atoms with Crippen LogP contribution in [0.25, 0.3) is 0 Å². The van der Waals surface area contributed by atoms with Gasteiger partial charge in [0.1, 0.15) is 0 Å². The summed E-state index contributed by atoms with van der Waals surface area (Å²) in [6.07, 6.45) is 4.10. The molecule has 0 spiro atoms. The highest BCUT2D eigenvalue weighted by Gasteiger charge is 2.28. The van der Waals surface area contributed by atoms with Crippen molar-refractivity contribution in [2.24, 2.45) is 5.92 Å². The number of rotatable bonds is 6. The van der Waals surface area contributed by atoms with Gasteiger partial charge in [-0.15, -0.1) is 11.8 Å². The zero-order valence-corrected chi connectivity index (χ0v) is 18.0. The van der Waals surface area contributed by atoms with Crippen molar-refractivity contribution >= 4 is 17.5 Å². The van der Waals surface area contributed by atoms with Gasteiger partial charge < -0.3 is 0 Å². The van der Waals surface area contributed by atoms with Gasteiger partial charge in [0, 0.05) is 46.8 Å². The first kappa shape index (κ1) is 20.2. The molecular formula is C22H31N3OS. The summed E-state index contributed by atoms with van der Waals surface area (Å²) >= 11 is 1.66. The third kappa shape index (κ3) is 4.30. The van der Waals surface area contributed by atoms with Crippen molar-refractivity contribution in [1.82, 2.24) is 14.7 Å². The normalized spacial score (nSPS) is 18.2. The van der Waals surface area contributed by atoms with E-state index in [2.05, 4.69) is 37.3 Å². The average Bonchev–Trinajstić information content (AvgIpc) is 2.96. The van der Waals surface area contributed by atoms with E-state index in [1.807, 2.05) is 30.5 Å². The number of piperidine rings is 1. The fraction of sp³-hybridized carbons (Fsp3) is 0.545. The Morgan fingerprint density at radius 1 is 1.30 bits per heavy atom. The summed E-state index contributed by atoms with van der Waals surface area (Å²) in [6, 6.07) is 8.38. The summed E-state index contributed by atoms with van der Waals surface area (Å²) in [7, 11) is 0. The number of hydrogen-bond acceptors (Lipinski definition) is 4. The maximum atomic E-state index is 13.1. The van der Waals surface area contributed by atoms with Crippen molar-refractivity contribution in [3.8, 4) is 0 Å². The van der Waals surface area contributed by atoms with Crippen molar-refractivity contribution in [1.29, 1.82) is 0 Å². The molecule has 1 unspecified atom stereocenters. The lowest BCUT2D eigenvalue weighted by molar-refractivity contribution is 0.0808. The molecule has 1 aliphatic rings. The SMILES string of the molecule is CSc1ccccc1C(=O)C1CCCN(Cc2c(C)nn(C(C)C)c2C)C1. The van der Waals surface area contributed by atoms with Gasteiger partial charge in [-0.25, -0.2) is 0 Å². The van der Waals surface area contributed by atoms with Crippen LogP contribution in [0.15, 0.2) is 29.2 Å². The summed E-state index contributed by atoms with van der Waals surface area (Å²) < 4.78 is 2.12. The number of hydrogen-bond donors (Lipinski definition) is 0. The average molecular weight is 386 g/mol. The minimum atomic E-state index is 0.0906. The number of thioether (sulfide) groups is 1. The maximum absolute atomic E-state index is 13.1. The van der Waals surface area contributed by atoms with Gasteiger partial charge in [0.05, 0.1) is 5.69 Å². The van der Waals surface area contributed by atoms with Crippen molar-refractivity contribution in [2.75, 3.05) is 19.3 Å². The molecule has 0 radical (unpaired) electrons. The highest BCUT2D eigenvalue weighted by Crippen LogP contribution is 2.28. The van der Waals surface area contributed by atoms with Gasteiger partial charge in [0.15, 0.2) is 5.78 Å². The van der Waals surface area contributed by atoms with Crippen LogP contribution in [-0.4, -0.2) is 39.8 Å². The van der Waals surface area contributed by atoms with E-state index in [4.69, 9.17) is 5.10 Å². The second-order valence-corrected chi connectivity index (χ2v) is 8.67. The van der Waals surface area contributed by atoms with E-state index in [9.17, 15) is 4.79 Å². The Morgan fingerprint density at radius 3 is 2.70 bits per heavy atom. The minimum Gasteiger partial charge on any atom is -0.298 e. The largest absolute Gasteiger partial charge is 0.298 e. The fourth-order valence-corrected chi connectivity index (χ4v) is 4.74. The van der Waals surface area contributed by atoms with E-state index in [1.54, 1.807) is 11.8 Å². The molecule has 1 aromatic heterocycles. The molecule has 0 saturated carbocycles. The maximum Gasteiger partial charge on any atom is 0.168 e. The Bertz CT molecular complexity index is 812. The predicted octanol–water partition coefficient (Wildman–Crippen LogP) is 4.90. The van der Waals surface area contributed by atoms with E-state index < -0.39 is 0 Å². The van der Waals surface area contributed by atoms with Crippen molar-refractivity contribution in [3.63, 3.8) is 0 Å². The number of carbonyl (C=O) groups excluding carboxylic acids is 1. The Hall–Kier alpha value is -1.59. The molecule has 5 heteroatoms. The van der Waals surface area contributed by atoms with Crippen LogP contribution in [-0.2, 0) is 6.54 Å². The lowest BCUT2D eigenvalue weighted by Crippen LogP contribution is -2.38. The molecule has 0 bridgehead atoms. The number of nitrogens with zero attached hydrogens (tertiary/aromatic N) is 3. The lowest BCUT2D eigenvalue weighted by atomic mass is 9.89. The summed E-state index contributed by atoms with van der Waals surface area (Å²) in [5, 5.41) is 4.72. The quantitative estimate of drug-likeness (QED) is 0.524. The van der Waals surface area contributed by atoms with E-state index in [-0.39, 0.29) is 5.92 Å². The fourth-order valence-electron chi connectivity index (χ4n) is 4.13. The van der Waals surface area contributed by atoms with Gasteiger partial charge in [-0.2, -0.15) is 5.10 Å². The molecule has 0 amide bonds. The smallest absolute Gasteiger partial charge is 0.168 e. The molecular weight excluding hydrogens is 354 g/mol. The van der Waals surface area contributed by atoms with E-state index in [0.29, 0.717) is 11.8 Å². The van der Waals surface area contributed by atoms with Gasteiger partial charge in [-0.1, -0.05) is 18.2 Å². The van der Waals surface area contributed by atoms with E-state index in [0.717, 1.165) is 48.6 Å². The highest BCUT2D eigenvalue weighted by atomic mass is 32.2. The third-order valence-electron chi connectivity index (χ3n) is 5.59.